The lowest BCUT2D eigenvalue weighted by molar-refractivity contribution is 0.619. The molecule has 84 valence electrons. The highest BCUT2D eigenvalue weighted by molar-refractivity contribution is 9.10. The molecule has 16 heavy (non-hydrogen) atoms. The summed E-state index contributed by atoms with van der Waals surface area (Å²) in [5.41, 5.74) is 7.52. The van der Waals surface area contributed by atoms with Crippen molar-refractivity contribution in [3.63, 3.8) is 0 Å². The molecule has 0 spiro atoms. The first-order valence-corrected chi connectivity index (χ1v) is 6.25. The molecule has 2 aromatic rings. The lowest BCUT2D eigenvalue weighted by atomic mass is 10.0. The SMILES string of the molecule is NC(Cc1cc(F)cc(Br)c1)c1csnn1. The highest BCUT2D eigenvalue weighted by Gasteiger charge is 2.10. The molecule has 0 bridgehead atoms. The van der Waals surface area contributed by atoms with Gasteiger partial charge in [-0.25, -0.2) is 4.39 Å². The Hall–Kier alpha value is -0.850. The van der Waals surface area contributed by atoms with Crippen molar-refractivity contribution < 1.29 is 4.39 Å². The summed E-state index contributed by atoms with van der Waals surface area (Å²) in [7, 11) is 0. The van der Waals surface area contributed by atoms with Crippen LogP contribution in [0.3, 0.4) is 0 Å². The van der Waals surface area contributed by atoms with Crippen molar-refractivity contribution >= 4 is 27.5 Å². The van der Waals surface area contributed by atoms with Crippen LogP contribution in [0.15, 0.2) is 28.1 Å². The highest BCUT2D eigenvalue weighted by Crippen LogP contribution is 2.19. The normalized spacial score (nSPS) is 12.7. The van der Waals surface area contributed by atoms with Crippen molar-refractivity contribution in [1.82, 2.24) is 9.59 Å². The molecular formula is C10H9BrFN3S. The molecule has 3 nitrogen and oxygen atoms in total. The van der Waals surface area contributed by atoms with Crippen LogP contribution in [0.25, 0.3) is 0 Å². The third-order valence-electron chi connectivity index (χ3n) is 2.13. The van der Waals surface area contributed by atoms with Crippen LogP contribution in [-0.4, -0.2) is 9.59 Å². The molecule has 0 radical (unpaired) electrons. The van der Waals surface area contributed by atoms with E-state index in [2.05, 4.69) is 25.5 Å². The molecule has 1 unspecified atom stereocenters. The molecule has 1 aromatic heterocycles. The maximum absolute atomic E-state index is 13.1. The molecule has 0 saturated heterocycles. The van der Waals surface area contributed by atoms with Gasteiger partial charge in [0.25, 0.3) is 0 Å². The molecule has 1 aromatic carbocycles. The number of hydrogen-bond acceptors (Lipinski definition) is 4. The van der Waals surface area contributed by atoms with E-state index < -0.39 is 0 Å². The van der Waals surface area contributed by atoms with Crippen LogP contribution in [0.2, 0.25) is 0 Å². The summed E-state index contributed by atoms with van der Waals surface area (Å²) in [4.78, 5) is 0. The second kappa shape index (κ2) is 4.99. The van der Waals surface area contributed by atoms with Gasteiger partial charge >= 0.3 is 0 Å². The molecule has 2 rings (SSSR count). The zero-order chi connectivity index (χ0) is 11.5. The summed E-state index contributed by atoms with van der Waals surface area (Å²) in [5, 5.41) is 5.70. The fraction of sp³-hybridized carbons (Fsp3) is 0.200. The van der Waals surface area contributed by atoms with Crippen molar-refractivity contribution in [2.45, 2.75) is 12.5 Å². The Morgan fingerprint density at radius 1 is 1.44 bits per heavy atom. The highest BCUT2D eigenvalue weighted by atomic mass is 79.9. The molecule has 1 heterocycles. The van der Waals surface area contributed by atoms with Gasteiger partial charge in [0.2, 0.25) is 0 Å². The van der Waals surface area contributed by atoms with Crippen molar-refractivity contribution in [2.75, 3.05) is 0 Å². The Morgan fingerprint density at radius 3 is 2.88 bits per heavy atom. The second-order valence-corrected chi connectivity index (χ2v) is 4.94. The minimum Gasteiger partial charge on any atom is -0.322 e. The Labute approximate surface area is 105 Å². The minimum absolute atomic E-state index is 0.243. The number of halogens is 2. The number of nitrogens with two attached hydrogens (primary N) is 1. The zero-order valence-corrected chi connectivity index (χ0v) is 10.6. The molecule has 0 saturated carbocycles. The van der Waals surface area contributed by atoms with E-state index in [4.69, 9.17) is 5.73 Å². The predicted octanol–water partition coefficient (Wildman–Crippen LogP) is 2.68. The van der Waals surface area contributed by atoms with Crippen LogP contribution in [0.1, 0.15) is 17.3 Å². The van der Waals surface area contributed by atoms with Gasteiger partial charge in [0, 0.05) is 9.85 Å². The first kappa shape index (κ1) is 11.6. The van der Waals surface area contributed by atoms with Gasteiger partial charge < -0.3 is 5.73 Å². The van der Waals surface area contributed by atoms with Gasteiger partial charge in [-0.05, 0) is 41.7 Å². The van der Waals surface area contributed by atoms with E-state index in [0.717, 1.165) is 11.3 Å². The first-order chi connectivity index (χ1) is 7.65. The molecule has 2 N–H and O–H groups in total. The summed E-state index contributed by atoms with van der Waals surface area (Å²) in [5.74, 6) is -0.270. The lowest BCUT2D eigenvalue weighted by Gasteiger charge is -2.08. The van der Waals surface area contributed by atoms with Crippen LogP contribution in [0, 0.1) is 5.82 Å². The lowest BCUT2D eigenvalue weighted by Crippen LogP contribution is -2.13. The van der Waals surface area contributed by atoms with Gasteiger partial charge in [0.1, 0.15) is 5.82 Å². The van der Waals surface area contributed by atoms with Crippen molar-refractivity contribution in [3.05, 3.63) is 45.1 Å². The molecule has 1 atom stereocenters. The van der Waals surface area contributed by atoms with E-state index in [1.807, 2.05) is 6.07 Å². The minimum atomic E-state index is -0.270. The van der Waals surface area contributed by atoms with Crippen LogP contribution < -0.4 is 5.73 Å². The van der Waals surface area contributed by atoms with Crippen molar-refractivity contribution in [3.8, 4) is 0 Å². The maximum Gasteiger partial charge on any atom is 0.124 e. The van der Waals surface area contributed by atoms with Crippen LogP contribution in [0.4, 0.5) is 4.39 Å². The average molecular weight is 302 g/mol. The van der Waals surface area contributed by atoms with E-state index in [9.17, 15) is 4.39 Å². The summed E-state index contributed by atoms with van der Waals surface area (Å²) in [6.45, 7) is 0. The van der Waals surface area contributed by atoms with Crippen LogP contribution in [-0.2, 0) is 6.42 Å². The Kier molecular flexibility index (Phi) is 3.63. The molecule has 0 aliphatic heterocycles. The van der Waals surface area contributed by atoms with E-state index >= 15 is 0 Å². The fourth-order valence-electron chi connectivity index (χ4n) is 1.42. The number of hydrogen-bond donors (Lipinski definition) is 1. The molecular weight excluding hydrogens is 293 g/mol. The fourth-order valence-corrected chi connectivity index (χ4v) is 2.45. The standard InChI is InChI=1S/C10H9BrFN3S/c11-7-1-6(2-8(12)4-7)3-9(13)10-5-16-15-14-10/h1-2,4-5,9H,3,13H2. The third-order valence-corrected chi connectivity index (χ3v) is 3.12. The smallest absolute Gasteiger partial charge is 0.124 e. The topological polar surface area (TPSA) is 51.8 Å². The summed E-state index contributed by atoms with van der Waals surface area (Å²) in [6.07, 6.45) is 0.543. The van der Waals surface area contributed by atoms with Gasteiger partial charge in [0.05, 0.1) is 11.7 Å². The number of nitrogens with zero attached hydrogens (tertiary/aromatic N) is 2. The number of rotatable bonds is 3. The molecule has 0 fully saturated rings. The van der Waals surface area contributed by atoms with E-state index in [1.54, 1.807) is 5.38 Å². The monoisotopic (exact) mass is 301 g/mol. The molecule has 0 amide bonds. The summed E-state index contributed by atoms with van der Waals surface area (Å²) in [6, 6.07) is 4.50. The number of benzene rings is 1. The molecule has 0 aliphatic rings. The Morgan fingerprint density at radius 2 is 2.25 bits per heavy atom. The van der Waals surface area contributed by atoms with Crippen molar-refractivity contribution in [1.29, 1.82) is 0 Å². The Bertz CT molecular complexity index is 455. The van der Waals surface area contributed by atoms with E-state index in [0.29, 0.717) is 10.9 Å². The van der Waals surface area contributed by atoms with Crippen molar-refractivity contribution in [2.24, 2.45) is 5.73 Å². The average Bonchev–Trinajstić information content (AvgIpc) is 2.68. The molecule has 0 aliphatic carbocycles. The number of aromatic nitrogens is 2. The predicted molar refractivity (Wildman–Crippen MR) is 64.6 cm³/mol. The Balaban J connectivity index is 2.15. The second-order valence-electron chi connectivity index (χ2n) is 3.42. The molecule has 6 heteroatoms. The van der Waals surface area contributed by atoms with Gasteiger partial charge in [0.15, 0.2) is 0 Å². The summed E-state index contributed by atoms with van der Waals surface area (Å²) >= 11 is 4.51. The quantitative estimate of drug-likeness (QED) is 0.948. The van der Waals surface area contributed by atoms with Crippen LogP contribution in [0.5, 0.6) is 0 Å². The van der Waals surface area contributed by atoms with E-state index in [1.165, 1.54) is 23.7 Å². The first-order valence-electron chi connectivity index (χ1n) is 4.62. The maximum atomic E-state index is 13.1. The van der Waals surface area contributed by atoms with E-state index in [-0.39, 0.29) is 11.9 Å². The zero-order valence-electron chi connectivity index (χ0n) is 8.23. The third kappa shape index (κ3) is 2.84. The van der Waals surface area contributed by atoms with Gasteiger partial charge in [-0.1, -0.05) is 20.4 Å². The van der Waals surface area contributed by atoms with Gasteiger partial charge in [-0.3, -0.25) is 0 Å². The van der Waals surface area contributed by atoms with Gasteiger partial charge in [-0.2, -0.15) is 0 Å². The van der Waals surface area contributed by atoms with Gasteiger partial charge in [-0.15, -0.1) is 5.10 Å². The summed E-state index contributed by atoms with van der Waals surface area (Å²) < 4.78 is 17.6. The largest absolute Gasteiger partial charge is 0.322 e. The van der Waals surface area contributed by atoms with Crippen LogP contribution >= 0.6 is 27.5 Å².